The maximum atomic E-state index is 11.8. The number of nitrogens with zero attached hydrogens (tertiary/aromatic N) is 4. The number of carbonyl (C=O) groups excluding carboxylic acids is 1. The lowest BCUT2D eigenvalue weighted by Crippen LogP contribution is -2.07. The van der Waals surface area contributed by atoms with E-state index in [9.17, 15) is 4.79 Å². The quantitative estimate of drug-likeness (QED) is 0.523. The lowest BCUT2D eigenvalue weighted by atomic mass is 10.2. The summed E-state index contributed by atoms with van der Waals surface area (Å²) in [6, 6.07) is 13.4. The summed E-state index contributed by atoms with van der Waals surface area (Å²) in [5, 5.41) is 8.59. The number of aromatic nitrogens is 2. The molecule has 24 heavy (non-hydrogen) atoms. The number of esters is 1. The minimum atomic E-state index is -0.326. The highest BCUT2D eigenvalue weighted by Gasteiger charge is 2.15. The molecule has 0 unspecified atom stereocenters. The molecule has 122 valence electrons. The molecule has 2 heterocycles. The van der Waals surface area contributed by atoms with Crippen molar-refractivity contribution in [2.45, 2.75) is 20.3 Å². The second-order valence-corrected chi connectivity index (χ2v) is 5.33. The van der Waals surface area contributed by atoms with Gasteiger partial charge >= 0.3 is 5.97 Å². The lowest BCUT2D eigenvalue weighted by Gasteiger charge is -2.00. The van der Waals surface area contributed by atoms with Crippen molar-refractivity contribution in [3.8, 4) is 0 Å². The van der Waals surface area contributed by atoms with Crippen LogP contribution < -0.4 is 0 Å². The average molecular weight is 322 g/mol. The second-order valence-electron chi connectivity index (χ2n) is 5.33. The lowest BCUT2D eigenvalue weighted by molar-refractivity contribution is -0.142. The number of aryl methyl sites for hydroxylation is 1. The van der Waals surface area contributed by atoms with Crippen molar-refractivity contribution < 1.29 is 9.53 Å². The van der Waals surface area contributed by atoms with E-state index in [0.29, 0.717) is 18.1 Å². The molecule has 0 spiro atoms. The summed E-state index contributed by atoms with van der Waals surface area (Å²) < 4.78 is 6.82. The zero-order valence-electron chi connectivity index (χ0n) is 13.6. The Hall–Kier alpha value is -3.02. The smallest absolute Gasteiger partial charge is 0.312 e. The van der Waals surface area contributed by atoms with E-state index in [0.717, 1.165) is 16.9 Å². The predicted octanol–water partition coefficient (Wildman–Crippen LogP) is 4.16. The van der Waals surface area contributed by atoms with Gasteiger partial charge in [-0.2, -0.15) is 0 Å². The van der Waals surface area contributed by atoms with Crippen LogP contribution in [0.5, 0.6) is 0 Å². The van der Waals surface area contributed by atoms with E-state index in [2.05, 4.69) is 15.2 Å². The van der Waals surface area contributed by atoms with E-state index in [-0.39, 0.29) is 12.4 Å². The van der Waals surface area contributed by atoms with Crippen LogP contribution in [-0.4, -0.2) is 22.0 Å². The number of ether oxygens (including phenoxy) is 1. The summed E-state index contributed by atoms with van der Waals surface area (Å²) in [6.45, 7) is 4.13. The summed E-state index contributed by atoms with van der Waals surface area (Å²) in [6.07, 6.45) is 1.91. The number of carbonyl (C=O) groups is 1. The van der Waals surface area contributed by atoms with Crippen molar-refractivity contribution in [3.05, 3.63) is 59.9 Å². The zero-order chi connectivity index (χ0) is 16.9. The number of pyridine rings is 1. The maximum absolute atomic E-state index is 11.8. The van der Waals surface area contributed by atoms with E-state index < -0.39 is 0 Å². The Kier molecular flexibility index (Phi) is 4.65. The number of imidazole rings is 1. The molecule has 3 rings (SSSR count). The third-order valence-corrected chi connectivity index (χ3v) is 3.49. The first-order valence-corrected chi connectivity index (χ1v) is 7.77. The van der Waals surface area contributed by atoms with E-state index in [1.165, 1.54) is 0 Å². The standard InChI is InChI=1S/C18H18N4O2/c1-3-24-17(23)12-15-18(22-11-5-4-6-16(22)19-15)21-20-14-9-7-13(2)8-10-14/h4-11H,3,12H2,1-2H3. The molecule has 0 fully saturated rings. The number of azo groups is 1. The molecule has 0 N–H and O–H groups in total. The molecule has 2 aromatic heterocycles. The zero-order valence-corrected chi connectivity index (χ0v) is 13.6. The first-order valence-electron chi connectivity index (χ1n) is 7.77. The fourth-order valence-corrected chi connectivity index (χ4v) is 2.32. The molecule has 0 bridgehead atoms. The summed E-state index contributed by atoms with van der Waals surface area (Å²) in [7, 11) is 0. The Bertz CT molecular complexity index is 882. The van der Waals surface area contributed by atoms with E-state index in [1.54, 1.807) is 6.92 Å². The SMILES string of the molecule is CCOC(=O)Cc1nc2ccccn2c1N=Nc1ccc(C)cc1. The Morgan fingerprint density at radius 1 is 1.17 bits per heavy atom. The van der Waals surface area contributed by atoms with Crippen LogP contribution >= 0.6 is 0 Å². The monoisotopic (exact) mass is 322 g/mol. The largest absolute Gasteiger partial charge is 0.466 e. The third kappa shape index (κ3) is 3.48. The van der Waals surface area contributed by atoms with Crippen LogP contribution in [0.15, 0.2) is 58.9 Å². The summed E-state index contributed by atoms with van der Waals surface area (Å²) in [5.41, 5.74) is 3.17. The minimum Gasteiger partial charge on any atom is -0.466 e. The van der Waals surface area contributed by atoms with Gasteiger partial charge in [-0.15, -0.1) is 10.2 Å². The Morgan fingerprint density at radius 3 is 2.71 bits per heavy atom. The third-order valence-electron chi connectivity index (χ3n) is 3.49. The van der Waals surface area contributed by atoms with Gasteiger partial charge in [-0.25, -0.2) is 4.98 Å². The van der Waals surface area contributed by atoms with E-state index >= 15 is 0 Å². The molecule has 6 nitrogen and oxygen atoms in total. The van der Waals surface area contributed by atoms with Crippen LogP contribution in [0, 0.1) is 6.92 Å². The topological polar surface area (TPSA) is 68.3 Å². The summed E-state index contributed by atoms with van der Waals surface area (Å²) in [4.78, 5) is 16.3. The van der Waals surface area contributed by atoms with Crippen LogP contribution in [0.25, 0.3) is 5.65 Å². The fraction of sp³-hybridized carbons (Fsp3) is 0.222. The summed E-state index contributed by atoms with van der Waals surface area (Å²) >= 11 is 0. The van der Waals surface area contributed by atoms with Gasteiger partial charge in [0.1, 0.15) is 5.65 Å². The molecule has 0 amide bonds. The van der Waals surface area contributed by atoms with Crippen molar-refractivity contribution in [1.82, 2.24) is 9.38 Å². The van der Waals surface area contributed by atoms with E-state index in [4.69, 9.17) is 4.74 Å². The van der Waals surface area contributed by atoms with Crippen LogP contribution in [-0.2, 0) is 16.0 Å². The molecule has 0 aliphatic rings. The van der Waals surface area contributed by atoms with Gasteiger partial charge in [0, 0.05) is 6.20 Å². The highest BCUT2D eigenvalue weighted by atomic mass is 16.5. The fourth-order valence-electron chi connectivity index (χ4n) is 2.32. The van der Waals surface area contributed by atoms with Crippen molar-refractivity contribution in [2.24, 2.45) is 10.2 Å². The van der Waals surface area contributed by atoms with Crippen LogP contribution in [0.2, 0.25) is 0 Å². The van der Waals surface area contributed by atoms with Crippen LogP contribution in [0.1, 0.15) is 18.2 Å². The Balaban J connectivity index is 1.97. The number of hydrogen-bond donors (Lipinski definition) is 0. The highest BCUT2D eigenvalue weighted by Crippen LogP contribution is 2.25. The number of rotatable bonds is 5. The summed E-state index contributed by atoms with van der Waals surface area (Å²) in [5.74, 6) is 0.215. The Labute approximate surface area is 139 Å². The second kappa shape index (κ2) is 7.04. The first kappa shape index (κ1) is 15.9. The van der Waals surface area contributed by atoms with Gasteiger partial charge in [-0.05, 0) is 38.1 Å². The molecule has 6 heteroatoms. The van der Waals surface area contributed by atoms with E-state index in [1.807, 2.05) is 60.0 Å². The van der Waals surface area contributed by atoms with Gasteiger partial charge in [0.2, 0.25) is 0 Å². The van der Waals surface area contributed by atoms with Crippen molar-refractivity contribution in [2.75, 3.05) is 6.61 Å². The van der Waals surface area contributed by atoms with Gasteiger partial charge in [-0.1, -0.05) is 23.8 Å². The van der Waals surface area contributed by atoms with Crippen LogP contribution in [0.3, 0.4) is 0 Å². The first-order chi connectivity index (χ1) is 11.7. The molecule has 1 aromatic carbocycles. The Morgan fingerprint density at radius 2 is 1.96 bits per heavy atom. The van der Waals surface area contributed by atoms with Gasteiger partial charge in [0.25, 0.3) is 0 Å². The molecule has 0 radical (unpaired) electrons. The number of benzene rings is 1. The number of hydrogen-bond acceptors (Lipinski definition) is 5. The van der Waals surface area contributed by atoms with Gasteiger partial charge in [-0.3, -0.25) is 9.20 Å². The average Bonchev–Trinajstić information content (AvgIpc) is 2.92. The minimum absolute atomic E-state index is 0.0672. The molecule has 0 saturated carbocycles. The van der Waals surface area contributed by atoms with Gasteiger partial charge < -0.3 is 4.74 Å². The molecule has 0 saturated heterocycles. The highest BCUT2D eigenvalue weighted by molar-refractivity contribution is 5.74. The predicted molar refractivity (Wildman–Crippen MR) is 90.9 cm³/mol. The van der Waals surface area contributed by atoms with Crippen molar-refractivity contribution in [1.29, 1.82) is 0 Å². The molecular formula is C18H18N4O2. The van der Waals surface area contributed by atoms with Gasteiger partial charge in [0.15, 0.2) is 5.82 Å². The van der Waals surface area contributed by atoms with Crippen molar-refractivity contribution in [3.63, 3.8) is 0 Å². The normalized spacial score (nSPS) is 11.2. The van der Waals surface area contributed by atoms with Crippen molar-refractivity contribution >= 4 is 23.1 Å². The molecule has 3 aromatic rings. The molecule has 0 aliphatic carbocycles. The molecule has 0 atom stereocenters. The maximum Gasteiger partial charge on any atom is 0.312 e. The van der Waals surface area contributed by atoms with Gasteiger partial charge in [0.05, 0.1) is 24.4 Å². The number of fused-ring (bicyclic) bond motifs is 1. The van der Waals surface area contributed by atoms with Crippen LogP contribution in [0.4, 0.5) is 11.5 Å². The molecule has 0 aliphatic heterocycles. The molecular weight excluding hydrogens is 304 g/mol.